The maximum Gasteiger partial charge on any atom is 0.408 e. The van der Waals surface area contributed by atoms with Crippen LogP contribution in [0.25, 0.3) is 0 Å². The summed E-state index contributed by atoms with van der Waals surface area (Å²) in [5, 5.41) is 6.27. The zero-order valence-corrected chi connectivity index (χ0v) is 26.3. The first kappa shape index (κ1) is 31.8. The number of nitrogens with zero attached hydrogens (tertiary/aromatic N) is 1. The van der Waals surface area contributed by atoms with Crippen LogP contribution in [-0.2, 0) is 14.3 Å². The second-order valence-electron chi connectivity index (χ2n) is 11.6. The Morgan fingerprint density at radius 2 is 1.65 bits per heavy atom. The Labute approximate surface area is 247 Å². The minimum absolute atomic E-state index is 0.146. The quantitative estimate of drug-likeness (QED) is 0.318. The molecular weight excluding hydrogens is 546 g/mol. The Morgan fingerprint density at radius 3 is 2.17 bits per heavy atom. The first-order chi connectivity index (χ1) is 18.7. The standard InChI is InChI=1S/C31H42ClN3O4S/c1-18-11-9-12-19(2)25(18)27(28(36)34-26-20(3)13-10-14-22(26)32)35(24-17-21(24)4)29(37)23(15-16-40-8)33-30(38)39-31(5,6)7/h9-14,21,23-24,27H,15-17H2,1-8H3,(H,33,38)(H,34,36). The van der Waals surface area contributed by atoms with E-state index >= 15 is 0 Å². The molecule has 3 amide bonds. The Balaban J connectivity index is 2.10. The molecule has 218 valence electrons. The van der Waals surface area contributed by atoms with Gasteiger partial charge in [-0.15, -0.1) is 0 Å². The van der Waals surface area contributed by atoms with Crippen molar-refractivity contribution < 1.29 is 19.1 Å². The van der Waals surface area contributed by atoms with E-state index in [1.54, 1.807) is 43.5 Å². The van der Waals surface area contributed by atoms with Crippen LogP contribution >= 0.6 is 23.4 Å². The van der Waals surface area contributed by atoms with Crippen LogP contribution in [0, 0.1) is 26.7 Å². The summed E-state index contributed by atoms with van der Waals surface area (Å²) in [6, 6.07) is 9.37. The van der Waals surface area contributed by atoms with Crippen molar-refractivity contribution in [3.05, 3.63) is 63.7 Å². The molecule has 1 saturated carbocycles. The third-order valence-corrected chi connectivity index (χ3v) is 8.05. The average Bonchev–Trinajstić information content (AvgIpc) is 3.57. The fourth-order valence-electron chi connectivity index (χ4n) is 4.93. The minimum atomic E-state index is -0.920. The third kappa shape index (κ3) is 7.94. The molecule has 1 aliphatic rings. The number of rotatable bonds is 10. The number of benzene rings is 2. The number of ether oxygens (including phenoxy) is 1. The first-order valence-electron chi connectivity index (χ1n) is 13.7. The number of aryl methyl sites for hydroxylation is 3. The van der Waals surface area contributed by atoms with Gasteiger partial charge in [0.15, 0.2) is 0 Å². The third-order valence-electron chi connectivity index (χ3n) is 7.09. The number of amides is 3. The van der Waals surface area contributed by atoms with Crippen LogP contribution in [0.4, 0.5) is 10.5 Å². The fraction of sp³-hybridized carbons (Fsp3) is 0.516. The zero-order chi connectivity index (χ0) is 29.8. The lowest BCUT2D eigenvalue weighted by Gasteiger charge is -2.36. The summed E-state index contributed by atoms with van der Waals surface area (Å²) in [7, 11) is 0. The molecule has 4 atom stereocenters. The summed E-state index contributed by atoms with van der Waals surface area (Å²) in [6.45, 7) is 13.2. The summed E-state index contributed by atoms with van der Waals surface area (Å²) in [6.07, 6.45) is 2.47. The highest BCUT2D eigenvalue weighted by Gasteiger charge is 2.48. The molecule has 0 radical (unpaired) electrons. The van der Waals surface area contributed by atoms with E-state index < -0.39 is 23.8 Å². The van der Waals surface area contributed by atoms with Gasteiger partial charge in [-0.1, -0.05) is 48.9 Å². The summed E-state index contributed by atoms with van der Waals surface area (Å²) in [5.74, 6) is 0.225. The van der Waals surface area contributed by atoms with Crippen molar-refractivity contribution in [3.63, 3.8) is 0 Å². The van der Waals surface area contributed by atoms with Crippen molar-refractivity contribution in [2.45, 2.75) is 85.0 Å². The number of carbonyl (C=O) groups excluding carboxylic acids is 3. The second kappa shape index (κ2) is 13.3. The molecule has 0 bridgehead atoms. The topological polar surface area (TPSA) is 87.7 Å². The van der Waals surface area contributed by atoms with Gasteiger partial charge in [0.1, 0.15) is 17.7 Å². The number of hydrogen-bond acceptors (Lipinski definition) is 5. The van der Waals surface area contributed by atoms with E-state index in [0.29, 0.717) is 22.9 Å². The molecule has 4 unspecified atom stereocenters. The first-order valence-corrected chi connectivity index (χ1v) is 15.4. The summed E-state index contributed by atoms with van der Waals surface area (Å²) in [5.41, 5.74) is 3.22. The molecule has 3 rings (SSSR count). The van der Waals surface area contributed by atoms with E-state index in [4.69, 9.17) is 16.3 Å². The Hall–Kier alpha value is -2.71. The molecule has 0 aliphatic heterocycles. The van der Waals surface area contributed by atoms with E-state index in [1.807, 2.05) is 57.4 Å². The normalized spacial score (nSPS) is 17.9. The summed E-state index contributed by atoms with van der Waals surface area (Å²) >= 11 is 8.07. The van der Waals surface area contributed by atoms with Crippen molar-refractivity contribution in [2.24, 2.45) is 5.92 Å². The molecule has 7 nitrogen and oxygen atoms in total. The Kier molecular flexibility index (Phi) is 10.6. The number of alkyl carbamates (subject to hydrolysis) is 1. The predicted molar refractivity (Wildman–Crippen MR) is 164 cm³/mol. The monoisotopic (exact) mass is 587 g/mol. The van der Waals surface area contributed by atoms with Crippen LogP contribution in [0.1, 0.15) is 68.8 Å². The number of thioether (sulfide) groups is 1. The van der Waals surface area contributed by atoms with E-state index in [1.165, 1.54) is 0 Å². The lowest BCUT2D eigenvalue weighted by atomic mass is 9.93. The molecule has 2 N–H and O–H groups in total. The van der Waals surface area contributed by atoms with E-state index in [-0.39, 0.29) is 23.8 Å². The van der Waals surface area contributed by atoms with Gasteiger partial charge in [-0.2, -0.15) is 11.8 Å². The summed E-state index contributed by atoms with van der Waals surface area (Å²) in [4.78, 5) is 43.2. The molecule has 0 saturated heterocycles. The van der Waals surface area contributed by atoms with Gasteiger partial charge in [-0.3, -0.25) is 9.59 Å². The van der Waals surface area contributed by atoms with Gasteiger partial charge in [-0.25, -0.2) is 4.79 Å². The van der Waals surface area contributed by atoms with Crippen LogP contribution in [0.2, 0.25) is 5.02 Å². The van der Waals surface area contributed by atoms with E-state index in [0.717, 1.165) is 28.7 Å². The van der Waals surface area contributed by atoms with Gasteiger partial charge >= 0.3 is 6.09 Å². The number of halogens is 1. The predicted octanol–water partition coefficient (Wildman–Crippen LogP) is 6.83. The molecule has 1 aliphatic carbocycles. The maximum atomic E-state index is 14.4. The molecule has 40 heavy (non-hydrogen) atoms. The van der Waals surface area contributed by atoms with Crippen LogP contribution in [0.5, 0.6) is 0 Å². The zero-order valence-electron chi connectivity index (χ0n) is 24.8. The smallest absolute Gasteiger partial charge is 0.408 e. The molecule has 1 fully saturated rings. The molecule has 0 heterocycles. The molecule has 2 aromatic carbocycles. The lowest BCUT2D eigenvalue weighted by molar-refractivity contribution is -0.141. The van der Waals surface area contributed by atoms with Crippen molar-refractivity contribution in [3.8, 4) is 0 Å². The largest absolute Gasteiger partial charge is 0.444 e. The lowest BCUT2D eigenvalue weighted by Crippen LogP contribution is -2.53. The average molecular weight is 588 g/mol. The van der Waals surface area contributed by atoms with Gasteiger partial charge in [0, 0.05) is 6.04 Å². The number of para-hydroxylation sites is 1. The van der Waals surface area contributed by atoms with Gasteiger partial charge in [-0.05, 0) is 101 Å². The number of carbonyl (C=O) groups is 3. The highest BCUT2D eigenvalue weighted by atomic mass is 35.5. The van der Waals surface area contributed by atoms with E-state index in [2.05, 4.69) is 17.6 Å². The number of nitrogens with one attached hydrogen (secondary N) is 2. The molecule has 0 aromatic heterocycles. The van der Waals surface area contributed by atoms with Crippen molar-refractivity contribution >= 4 is 47.0 Å². The highest BCUT2D eigenvalue weighted by molar-refractivity contribution is 7.98. The van der Waals surface area contributed by atoms with Crippen LogP contribution in [-0.4, -0.2) is 52.5 Å². The number of anilines is 1. The van der Waals surface area contributed by atoms with Crippen molar-refractivity contribution in [1.82, 2.24) is 10.2 Å². The van der Waals surface area contributed by atoms with Gasteiger partial charge < -0.3 is 20.3 Å². The van der Waals surface area contributed by atoms with Crippen LogP contribution < -0.4 is 10.6 Å². The molecule has 9 heteroatoms. The maximum absolute atomic E-state index is 14.4. The Bertz CT molecular complexity index is 1210. The molecule has 0 spiro atoms. The van der Waals surface area contributed by atoms with Crippen LogP contribution in [0.3, 0.4) is 0 Å². The van der Waals surface area contributed by atoms with Crippen molar-refractivity contribution in [2.75, 3.05) is 17.3 Å². The fourth-order valence-corrected chi connectivity index (χ4v) is 5.67. The molecular formula is C31H42ClN3O4S. The van der Waals surface area contributed by atoms with Crippen LogP contribution in [0.15, 0.2) is 36.4 Å². The number of hydrogen-bond donors (Lipinski definition) is 2. The van der Waals surface area contributed by atoms with E-state index in [9.17, 15) is 14.4 Å². The molecule has 2 aromatic rings. The van der Waals surface area contributed by atoms with Crippen molar-refractivity contribution in [1.29, 1.82) is 0 Å². The highest BCUT2D eigenvalue weighted by Crippen LogP contribution is 2.42. The van der Waals surface area contributed by atoms with Gasteiger partial charge in [0.2, 0.25) is 5.91 Å². The second-order valence-corrected chi connectivity index (χ2v) is 13.0. The summed E-state index contributed by atoms with van der Waals surface area (Å²) < 4.78 is 5.49. The SMILES string of the molecule is CSCCC(NC(=O)OC(C)(C)C)C(=O)N(C(C(=O)Nc1c(C)cccc1Cl)c1c(C)cccc1C)C1CC1C. The van der Waals surface area contributed by atoms with Gasteiger partial charge in [0.25, 0.3) is 5.91 Å². The Morgan fingerprint density at radius 1 is 1.07 bits per heavy atom. The van der Waals surface area contributed by atoms with Gasteiger partial charge in [0.05, 0.1) is 10.7 Å². The minimum Gasteiger partial charge on any atom is -0.444 e.